The lowest BCUT2D eigenvalue weighted by molar-refractivity contribution is -0.138. The van der Waals surface area contributed by atoms with Gasteiger partial charge in [0.1, 0.15) is 0 Å². The Morgan fingerprint density at radius 1 is 0.913 bits per heavy atom. The topological polar surface area (TPSA) is 69.4 Å². The number of fused-ring (bicyclic) bond motifs is 1. The van der Waals surface area contributed by atoms with Crippen LogP contribution < -0.4 is 5.73 Å². The zero-order valence-electron chi connectivity index (χ0n) is 13.1. The minimum atomic E-state index is -1.16. The number of carbonyl (C=O) groups excluding carboxylic acids is 2. The van der Waals surface area contributed by atoms with Crippen molar-refractivity contribution in [1.29, 1.82) is 0 Å². The molecule has 0 unspecified atom stereocenters. The van der Waals surface area contributed by atoms with Gasteiger partial charge in [-0.15, -0.1) is 0 Å². The van der Waals surface area contributed by atoms with E-state index >= 15 is 0 Å². The SMILES string of the molecule is NC(=O)C1(OC(=O)c2cccc3ccccc23)CCCCCC1. The van der Waals surface area contributed by atoms with Crippen molar-refractivity contribution in [2.45, 2.75) is 44.1 Å². The molecule has 4 nitrogen and oxygen atoms in total. The first-order valence-corrected chi connectivity index (χ1v) is 8.13. The summed E-state index contributed by atoms with van der Waals surface area (Å²) in [4.78, 5) is 24.7. The quantitative estimate of drug-likeness (QED) is 0.696. The maximum absolute atomic E-state index is 12.7. The summed E-state index contributed by atoms with van der Waals surface area (Å²) in [5, 5.41) is 1.80. The van der Waals surface area contributed by atoms with E-state index in [4.69, 9.17) is 10.5 Å². The first-order chi connectivity index (χ1) is 11.1. The minimum absolute atomic E-state index is 0.470. The molecule has 2 N–H and O–H groups in total. The van der Waals surface area contributed by atoms with Crippen LogP contribution in [0.15, 0.2) is 42.5 Å². The molecule has 1 aliphatic rings. The molecule has 1 saturated carbocycles. The third-order valence-corrected chi connectivity index (χ3v) is 4.66. The standard InChI is InChI=1S/C19H21NO3/c20-18(22)19(12-5-1-2-6-13-19)23-17(21)16-11-7-9-14-8-3-4-10-15(14)16/h3-4,7-11H,1-2,5-6,12-13H2,(H2,20,22). The van der Waals surface area contributed by atoms with Crippen LogP contribution in [0.2, 0.25) is 0 Å². The number of primary amides is 1. The maximum atomic E-state index is 12.7. The summed E-state index contributed by atoms with van der Waals surface area (Å²) in [6.45, 7) is 0. The lowest BCUT2D eigenvalue weighted by atomic mass is 9.93. The van der Waals surface area contributed by atoms with Crippen molar-refractivity contribution in [1.82, 2.24) is 0 Å². The molecule has 1 fully saturated rings. The fraction of sp³-hybridized carbons (Fsp3) is 0.368. The Morgan fingerprint density at radius 3 is 2.26 bits per heavy atom. The van der Waals surface area contributed by atoms with Crippen LogP contribution in [0.5, 0.6) is 0 Å². The Morgan fingerprint density at radius 2 is 1.57 bits per heavy atom. The van der Waals surface area contributed by atoms with Gasteiger partial charge in [0.2, 0.25) is 0 Å². The third-order valence-electron chi connectivity index (χ3n) is 4.66. The molecule has 1 aliphatic carbocycles. The zero-order valence-corrected chi connectivity index (χ0v) is 13.1. The Hall–Kier alpha value is -2.36. The van der Waals surface area contributed by atoms with E-state index in [0.29, 0.717) is 18.4 Å². The van der Waals surface area contributed by atoms with E-state index in [9.17, 15) is 9.59 Å². The molecule has 0 atom stereocenters. The summed E-state index contributed by atoms with van der Waals surface area (Å²) < 4.78 is 5.70. The number of hydrogen-bond acceptors (Lipinski definition) is 3. The summed E-state index contributed by atoms with van der Waals surface area (Å²) in [6.07, 6.45) is 4.82. The Labute approximate surface area is 135 Å². The zero-order chi connectivity index (χ0) is 16.3. The molecule has 2 aromatic rings. The van der Waals surface area contributed by atoms with Gasteiger partial charge in [-0.05, 0) is 42.5 Å². The van der Waals surface area contributed by atoms with Crippen molar-refractivity contribution < 1.29 is 14.3 Å². The predicted octanol–water partition coefficient (Wildman–Crippen LogP) is 3.57. The van der Waals surface area contributed by atoms with Crippen LogP contribution in [-0.4, -0.2) is 17.5 Å². The highest BCUT2D eigenvalue weighted by molar-refractivity contribution is 6.05. The summed E-state index contributed by atoms with van der Waals surface area (Å²) in [7, 11) is 0. The molecule has 0 bridgehead atoms. The summed E-state index contributed by atoms with van der Waals surface area (Å²) in [5.74, 6) is -1.00. The molecule has 0 spiro atoms. The van der Waals surface area contributed by atoms with Crippen LogP contribution in [0.4, 0.5) is 0 Å². The number of rotatable bonds is 3. The number of nitrogens with two attached hydrogens (primary N) is 1. The second kappa shape index (κ2) is 6.41. The first-order valence-electron chi connectivity index (χ1n) is 8.13. The molecule has 0 aromatic heterocycles. The smallest absolute Gasteiger partial charge is 0.339 e. The molecule has 0 radical (unpaired) electrons. The lowest BCUT2D eigenvalue weighted by Crippen LogP contribution is -2.47. The van der Waals surface area contributed by atoms with Crippen LogP contribution in [0.3, 0.4) is 0 Å². The van der Waals surface area contributed by atoms with Crippen LogP contribution >= 0.6 is 0 Å². The molecule has 0 saturated heterocycles. The number of hydrogen-bond donors (Lipinski definition) is 1. The van der Waals surface area contributed by atoms with Crippen molar-refractivity contribution >= 4 is 22.6 Å². The van der Waals surface area contributed by atoms with Crippen molar-refractivity contribution in [3.8, 4) is 0 Å². The van der Waals surface area contributed by atoms with Crippen LogP contribution in [0.1, 0.15) is 48.9 Å². The molecule has 4 heteroatoms. The van der Waals surface area contributed by atoms with Crippen LogP contribution in [0.25, 0.3) is 10.8 Å². The minimum Gasteiger partial charge on any atom is -0.445 e. The van der Waals surface area contributed by atoms with Gasteiger partial charge in [-0.1, -0.05) is 49.2 Å². The molecule has 120 valence electrons. The van der Waals surface area contributed by atoms with E-state index in [1.54, 1.807) is 6.07 Å². The molecule has 0 heterocycles. The lowest BCUT2D eigenvalue weighted by Gasteiger charge is -2.29. The summed E-state index contributed by atoms with van der Waals surface area (Å²) in [6, 6.07) is 13.1. The second-order valence-corrected chi connectivity index (χ2v) is 6.19. The number of benzene rings is 2. The van der Waals surface area contributed by atoms with E-state index in [1.807, 2.05) is 36.4 Å². The van der Waals surface area contributed by atoms with E-state index in [2.05, 4.69) is 0 Å². The van der Waals surface area contributed by atoms with Gasteiger partial charge in [-0.3, -0.25) is 4.79 Å². The van der Waals surface area contributed by atoms with Crippen molar-refractivity contribution in [2.24, 2.45) is 5.73 Å². The molecule has 0 aliphatic heterocycles. The van der Waals surface area contributed by atoms with E-state index in [-0.39, 0.29) is 0 Å². The molecular formula is C19H21NO3. The van der Waals surface area contributed by atoms with E-state index in [1.165, 1.54) is 0 Å². The highest BCUT2D eigenvalue weighted by Gasteiger charge is 2.41. The van der Waals surface area contributed by atoms with Crippen molar-refractivity contribution in [2.75, 3.05) is 0 Å². The van der Waals surface area contributed by atoms with E-state index < -0.39 is 17.5 Å². The fourth-order valence-electron chi connectivity index (χ4n) is 3.33. The molecular weight excluding hydrogens is 290 g/mol. The monoisotopic (exact) mass is 311 g/mol. The average molecular weight is 311 g/mol. The largest absolute Gasteiger partial charge is 0.445 e. The van der Waals surface area contributed by atoms with E-state index in [0.717, 1.165) is 36.5 Å². The van der Waals surface area contributed by atoms with Crippen LogP contribution in [0, 0.1) is 0 Å². The molecule has 1 amide bonds. The molecule has 3 rings (SSSR count). The first kappa shape index (κ1) is 15.5. The summed E-state index contributed by atoms with van der Waals surface area (Å²) in [5.41, 5.74) is 4.91. The number of esters is 1. The molecule has 2 aromatic carbocycles. The Balaban J connectivity index is 1.93. The van der Waals surface area contributed by atoms with Crippen LogP contribution in [-0.2, 0) is 9.53 Å². The van der Waals surface area contributed by atoms with Gasteiger partial charge in [0.15, 0.2) is 5.60 Å². The van der Waals surface area contributed by atoms with Crippen molar-refractivity contribution in [3.05, 3.63) is 48.0 Å². The number of ether oxygens (including phenoxy) is 1. The Kier molecular flexibility index (Phi) is 4.33. The number of amides is 1. The molecule has 23 heavy (non-hydrogen) atoms. The fourth-order valence-corrected chi connectivity index (χ4v) is 3.33. The second-order valence-electron chi connectivity index (χ2n) is 6.19. The van der Waals surface area contributed by atoms with Gasteiger partial charge >= 0.3 is 5.97 Å². The van der Waals surface area contributed by atoms with Gasteiger partial charge in [0.25, 0.3) is 5.91 Å². The Bertz CT molecular complexity index is 725. The number of carbonyl (C=O) groups is 2. The van der Waals surface area contributed by atoms with Crippen molar-refractivity contribution in [3.63, 3.8) is 0 Å². The summed E-state index contributed by atoms with van der Waals surface area (Å²) >= 11 is 0. The predicted molar refractivity (Wildman–Crippen MR) is 89.0 cm³/mol. The normalized spacial score (nSPS) is 17.4. The van der Waals surface area contributed by atoms with Gasteiger partial charge in [-0.2, -0.15) is 0 Å². The van der Waals surface area contributed by atoms with Gasteiger partial charge in [-0.25, -0.2) is 4.79 Å². The highest BCUT2D eigenvalue weighted by atomic mass is 16.6. The third kappa shape index (κ3) is 3.07. The maximum Gasteiger partial charge on any atom is 0.339 e. The van der Waals surface area contributed by atoms with Gasteiger partial charge in [0, 0.05) is 0 Å². The average Bonchev–Trinajstić information content (AvgIpc) is 2.81. The highest BCUT2D eigenvalue weighted by Crippen LogP contribution is 2.32. The van der Waals surface area contributed by atoms with Gasteiger partial charge in [0.05, 0.1) is 5.56 Å². The van der Waals surface area contributed by atoms with Gasteiger partial charge < -0.3 is 10.5 Å².